The highest BCUT2D eigenvalue weighted by atomic mass is 79.9. The van der Waals surface area contributed by atoms with Gasteiger partial charge in [-0.3, -0.25) is 14.5 Å². The van der Waals surface area contributed by atoms with Gasteiger partial charge in [-0.25, -0.2) is 0 Å². The molecule has 2 amide bonds. The summed E-state index contributed by atoms with van der Waals surface area (Å²) in [5.41, 5.74) is 1.31. The van der Waals surface area contributed by atoms with Crippen LogP contribution in [0.1, 0.15) is 11.1 Å². The molecule has 0 radical (unpaired) electrons. The maximum Gasteiger partial charge on any atom is 0.293 e. The van der Waals surface area contributed by atoms with Crippen LogP contribution in [0.3, 0.4) is 0 Å². The largest absolute Gasteiger partial charge is 0.504 e. The number of imide groups is 1. The molecule has 0 aromatic heterocycles. The van der Waals surface area contributed by atoms with Gasteiger partial charge in [0.05, 0.1) is 18.6 Å². The first-order chi connectivity index (χ1) is 12.4. The van der Waals surface area contributed by atoms with Gasteiger partial charge in [0.25, 0.3) is 11.1 Å². The molecule has 0 spiro atoms. The molecule has 2 aromatic carbocycles. The van der Waals surface area contributed by atoms with Crippen LogP contribution in [0, 0.1) is 0 Å². The van der Waals surface area contributed by atoms with E-state index < -0.39 is 0 Å². The number of carbonyl (C=O) groups excluding carboxylic acids is 2. The van der Waals surface area contributed by atoms with Crippen LogP contribution in [0.4, 0.5) is 4.79 Å². The van der Waals surface area contributed by atoms with E-state index in [1.54, 1.807) is 36.4 Å². The third-order valence-corrected chi connectivity index (χ3v) is 5.71. The fraction of sp³-hybridized carbons (Fsp3) is 0.111. The SMILES string of the molecule is COc1cc(/C=C2\SC(=O)N(Cc3ccccc3Cl)C2=O)c(Br)cc1O. The maximum absolute atomic E-state index is 12.6. The first-order valence-electron chi connectivity index (χ1n) is 7.46. The monoisotopic (exact) mass is 453 g/mol. The number of nitrogens with zero attached hydrogens (tertiary/aromatic N) is 1. The molecule has 8 heteroatoms. The number of carbonyl (C=O) groups is 2. The highest BCUT2D eigenvalue weighted by Gasteiger charge is 2.35. The Morgan fingerprint density at radius 2 is 2.04 bits per heavy atom. The van der Waals surface area contributed by atoms with Crippen LogP contribution in [0.2, 0.25) is 5.02 Å². The Morgan fingerprint density at radius 1 is 1.31 bits per heavy atom. The Morgan fingerprint density at radius 3 is 2.73 bits per heavy atom. The molecule has 1 aliphatic rings. The summed E-state index contributed by atoms with van der Waals surface area (Å²) in [7, 11) is 1.43. The third kappa shape index (κ3) is 3.75. The quantitative estimate of drug-likeness (QED) is 0.655. The van der Waals surface area contributed by atoms with Gasteiger partial charge in [-0.2, -0.15) is 0 Å². The molecule has 1 fully saturated rings. The van der Waals surface area contributed by atoms with Gasteiger partial charge in [-0.1, -0.05) is 45.7 Å². The van der Waals surface area contributed by atoms with Gasteiger partial charge in [0, 0.05) is 9.50 Å². The van der Waals surface area contributed by atoms with Crippen molar-refractivity contribution in [2.75, 3.05) is 7.11 Å². The molecule has 26 heavy (non-hydrogen) atoms. The average Bonchev–Trinajstić information content (AvgIpc) is 2.86. The summed E-state index contributed by atoms with van der Waals surface area (Å²) in [6.45, 7) is 0.113. The van der Waals surface area contributed by atoms with Crippen LogP contribution in [0.25, 0.3) is 6.08 Å². The fourth-order valence-corrected chi connectivity index (χ4v) is 3.88. The van der Waals surface area contributed by atoms with E-state index in [2.05, 4.69) is 15.9 Å². The number of rotatable bonds is 4. The highest BCUT2D eigenvalue weighted by Crippen LogP contribution is 2.38. The molecule has 1 N–H and O–H groups in total. The number of amides is 2. The van der Waals surface area contributed by atoms with Crippen molar-refractivity contribution in [3.8, 4) is 11.5 Å². The molecule has 0 aliphatic carbocycles. The topological polar surface area (TPSA) is 66.8 Å². The number of benzene rings is 2. The number of hydrogen-bond donors (Lipinski definition) is 1. The summed E-state index contributed by atoms with van der Waals surface area (Å²) >= 11 is 10.3. The molecule has 2 aromatic rings. The van der Waals surface area contributed by atoms with E-state index >= 15 is 0 Å². The van der Waals surface area contributed by atoms with Gasteiger partial charge < -0.3 is 9.84 Å². The Kier molecular flexibility index (Phi) is 5.60. The predicted molar refractivity (Wildman–Crippen MR) is 105 cm³/mol. The van der Waals surface area contributed by atoms with Crippen LogP contribution in [-0.2, 0) is 11.3 Å². The van der Waals surface area contributed by atoms with Crippen molar-refractivity contribution in [1.82, 2.24) is 4.90 Å². The number of halogens is 2. The normalized spacial score (nSPS) is 15.8. The summed E-state index contributed by atoms with van der Waals surface area (Å²) in [4.78, 5) is 26.4. The minimum atomic E-state index is -0.390. The van der Waals surface area contributed by atoms with Gasteiger partial charge in [0.15, 0.2) is 11.5 Å². The summed E-state index contributed by atoms with van der Waals surface area (Å²) in [5, 5.41) is 9.92. The highest BCUT2D eigenvalue weighted by molar-refractivity contribution is 9.10. The van der Waals surface area contributed by atoms with Crippen molar-refractivity contribution in [2.45, 2.75) is 6.54 Å². The molecule has 0 atom stereocenters. The average molecular weight is 455 g/mol. The summed E-state index contributed by atoms with van der Waals surface area (Å²) < 4.78 is 5.66. The van der Waals surface area contributed by atoms with Crippen molar-refractivity contribution in [2.24, 2.45) is 0 Å². The van der Waals surface area contributed by atoms with E-state index in [1.807, 2.05) is 0 Å². The van der Waals surface area contributed by atoms with Gasteiger partial charge in [0.1, 0.15) is 0 Å². The fourth-order valence-electron chi connectivity index (χ4n) is 2.41. The lowest BCUT2D eigenvalue weighted by atomic mass is 10.1. The second kappa shape index (κ2) is 7.73. The van der Waals surface area contributed by atoms with Crippen molar-refractivity contribution >= 4 is 56.5 Å². The van der Waals surface area contributed by atoms with Crippen LogP contribution in [-0.4, -0.2) is 28.3 Å². The van der Waals surface area contributed by atoms with Crippen molar-refractivity contribution < 1.29 is 19.4 Å². The summed E-state index contributed by atoms with van der Waals surface area (Å²) in [6.07, 6.45) is 1.59. The van der Waals surface area contributed by atoms with Gasteiger partial charge >= 0.3 is 0 Å². The standard InChI is InChI=1S/C18H13BrClNO4S/c1-25-15-6-11(12(19)8-14(15)22)7-16-17(23)21(18(24)26-16)9-10-4-2-3-5-13(10)20/h2-8,22H,9H2,1H3/b16-7-. The van der Waals surface area contributed by atoms with E-state index in [-0.39, 0.29) is 34.1 Å². The lowest BCUT2D eigenvalue weighted by Crippen LogP contribution is -2.27. The van der Waals surface area contributed by atoms with E-state index in [4.69, 9.17) is 16.3 Å². The van der Waals surface area contributed by atoms with Crippen LogP contribution in [0.5, 0.6) is 11.5 Å². The zero-order chi connectivity index (χ0) is 18.8. The van der Waals surface area contributed by atoms with E-state index in [0.717, 1.165) is 16.7 Å². The molecule has 1 heterocycles. The Hall–Kier alpha value is -1.96. The van der Waals surface area contributed by atoms with Crippen molar-refractivity contribution in [1.29, 1.82) is 0 Å². The Bertz CT molecular complexity index is 931. The summed E-state index contributed by atoms with van der Waals surface area (Å²) in [6, 6.07) is 10.1. The number of aromatic hydroxyl groups is 1. The molecule has 3 rings (SSSR count). The smallest absolute Gasteiger partial charge is 0.293 e. The van der Waals surface area contributed by atoms with E-state index in [1.165, 1.54) is 13.2 Å². The minimum absolute atomic E-state index is 0.0247. The lowest BCUT2D eigenvalue weighted by Gasteiger charge is -2.13. The van der Waals surface area contributed by atoms with Gasteiger partial charge in [0.2, 0.25) is 0 Å². The zero-order valence-electron chi connectivity index (χ0n) is 13.5. The van der Waals surface area contributed by atoms with Crippen LogP contribution < -0.4 is 4.74 Å². The zero-order valence-corrected chi connectivity index (χ0v) is 16.7. The molecule has 5 nitrogen and oxygen atoms in total. The molecular formula is C18H13BrClNO4S. The predicted octanol–water partition coefficient (Wildman–Crippen LogP) is 5.05. The molecule has 0 saturated carbocycles. The minimum Gasteiger partial charge on any atom is -0.504 e. The van der Waals surface area contributed by atoms with Crippen molar-refractivity contribution in [3.05, 3.63) is 61.9 Å². The van der Waals surface area contributed by atoms with Gasteiger partial charge in [-0.15, -0.1) is 0 Å². The molecule has 1 saturated heterocycles. The molecule has 0 bridgehead atoms. The first-order valence-corrected chi connectivity index (χ1v) is 9.44. The molecular weight excluding hydrogens is 442 g/mol. The van der Waals surface area contributed by atoms with Gasteiger partial charge in [-0.05, 0) is 47.2 Å². The van der Waals surface area contributed by atoms with E-state index in [9.17, 15) is 14.7 Å². The number of hydrogen-bond acceptors (Lipinski definition) is 5. The Labute approximate surface area is 167 Å². The molecule has 0 unspecified atom stereocenters. The number of methoxy groups -OCH3 is 1. The Balaban J connectivity index is 1.89. The number of phenols is 1. The first kappa shape index (κ1) is 18.8. The number of thioether (sulfide) groups is 1. The second-order valence-corrected chi connectivity index (χ2v) is 7.66. The number of phenolic OH excluding ortho intramolecular Hbond substituents is 1. The number of ether oxygens (including phenoxy) is 1. The molecule has 134 valence electrons. The second-order valence-electron chi connectivity index (χ2n) is 5.40. The molecule has 1 aliphatic heterocycles. The summed E-state index contributed by atoms with van der Waals surface area (Å²) in [5.74, 6) is -0.142. The third-order valence-electron chi connectivity index (χ3n) is 3.74. The maximum atomic E-state index is 12.6. The lowest BCUT2D eigenvalue weighted by molar-refractivity contribution is -0.123. The van der Waals surface area contributed by atoms with Crippen LogP contribution >= 0.6 is 39.3 Å². The van der Waals surface area contributed by atoms with Crippen molar-refractivity contribution in [3.63, 3.8) is 0 Å². The van der Waals surface area contributed by atoms with E-state index in [0.29, 0.717) is 20.6 Å². The van der Waals surface area contributed by atoms with Crippen LogP contribution in [0.15, 0.2) is 45.8 Å².